The van der Waals surface area contributed by atoms with Crippen molar-refractivity contribution in [2.45, 2.75) is 30.6 Å². The van der Waals surface area contributed by atoms with E-state index in [0.717, 1.165) is 31.7 Å². The van der Waals surface area contributed by atoms with Crippen molar-refractivity contribution in [2.24, 2.45) is 17.6 Å². The molecule has 1 aromatic rings. The molecule has 4 rings (SSSR count). The molecule has 0 radical (unpaired) electrons. The molecule has 5 heteroatoms. The van der Waals surface area contributed by atoms with E-state index in [0.29, 0.717) is 23.8 Å². The molecule has 3 aliphatic rings. The molecule has 2 N–H and O–H groups in total. The first-order chi connectivity index (χ1) is 9.74. The van der Waals surface area contributed by atoms with E-state index < -0.39 is 0 Å². The monoisotopic (exact) mass is 308 g/mol. The number of hydrogen-bond donors (Lipinski definition) is 1. The zero-order valence-electron chi connectivity index (χ0n) is 11.5. The van der Waals surface area contributed by atoms with Crippen LogP contribution in [0, 0.1) is 11.8 Å². The molecule has 1 aliphatic carbocycles. The van der Waals surface area contributed by atoms with Crippen molar-refractivity contribution in [3.63, 3.8) is 0 Å². The number of thioether (sulfide) groups is 1. The average Bonchev–Trinajstić information content (AvgIpc) is 3.14. The number of rotatable bonds is 1. The Balaban J connectivity index is 1.52. The van der Waals surface area contributed by atoms with Crippen LogP contribution in [0.4, 0.5) is 0 Å². The van der Waals surface area contributed by atoms with E-state index in [4.69, 9.17) is 5.73 Å². The number of carbonyl (C=O) groups is 1. The number of thiophene rings is 1. The van der Waals surface area contributed by atoms with Crippen molar-refractivity contribution in [3.05, 3.63) is 21.9 Å². The molecule has 2 fully saturated rings. The first-order valence-electron chi connectivity index (χ1n) is 7.46. The number of fused-ring (bicyclic) bond motifs is 2. The highest BCUT2D eigenvalue weighted by atomic mass is 32.2. The molecule has 20 heavy (non-hydrogen) atoms. The molecule has 4 atom stereocenters. The van der Waals surface area contributed by atoms with E-state index in [1.165, 1.54) is 16.9 Å². The number of hydrogen-bond acceptors (Lipinski definition) is 4. The van der Waals surface area contributed by atoms with Crippen LogP contribution in [0.25, 0.3) is 0 Å². The van der Waals surface area contributed by atoms with Crippen LogP contribution in [0.5, 0.6) is 0 Å². The Morgan fingerprint density at radius 3 is 3.10 bits per heavy atom. The standard InChI is InChI=1S/C15H20N2OS2/c16-12-2-1-9-7-17(8-11(9)12)15(18)14-10-3-5-19-13(10)4-6-20-14/h3,5,9,11-12,14H,1-2,4,6-8,16H2. The zero-order valence-corrected chi connectivity index (χ0v) is 13.1. The van der Waals surface area contributed by atoms with Crippen LogP contribution in [-0.2, 0) is 11.2 Å². The molecule has 4 unspecified atom stereocenters. The van der Waals surface area contributed by atoms with Crippen LogP contribution in [0.1, 0.15) is 28.5 Å². The van der Waals surface area contributed by atoms with Gasteiger partial charge in [-0.1, -0.05) is 0 Å². The zero-order chi connectivity index (χ0) is 13.7. The maximum absolute atomic E-state index is 12.9. The van der Waals surface area contributed by atoms with E-state index in [1.54, 1.807) is 11.3 Å². The molecule has 1 amide bonds. The third-order valence-electron chi connectivity index (χ3n) is 5.12. The van der Waals surface area contributed by atoms with Gasteiger partial charge >= 0.3 is 0 Å². The van der Waals surface area contributed by atoms with Gasteiger partial charge in [-0.3, -0.25) is 4.79 Å². The van der Waals surface area contributed by atoms with Crippen molar-refractivity contribution in [3.8, 4) is 0 Å². The maximum Gasteiger partial charge on any atom is 0.240 e. The molecule has 1 aromatic heterocycles. The summed E-state index contributed by atoms with van der Waals surface area (Å²) in [5.41, 5.74) is 7.45. The number of nitrogens with two attached hydrogens (primary N) is 1. The summed E-state index contributed by atoms with van der Waals surface area (Å²) in [7, 11) is 0. The van der Waals surface area contributed by atoms with Crippen molar-refractivity contribution in [1.82, 2.24) is 4.90 Å². The van der Waals surface area contributed by atoms with Crippen molar-refractivity contribution >= 4 is 29.0 Å². The Hall–Kier alpha value is -0.520. The summed E-state index contributed by atoms with van der Waals surface area (Å²) in [5.74, 6) is 2.61. The minimum absolute atomic E-state index is 0.0417. The number of carbonyl (C=O) groups excluding carboxylic acids is 1. The Labute approximate surface area is 127 Å². The van der Waals surface area contributed by atoms with Gasteiger partial charge in [-0.15, -0.1) is 23.1 Å². The lowest BCUT2D eigenvalue weighted by Crippen LogP contribution is -2.36. The lowest BCUT2D eigenvalue weighted by Gasteiger charge is -2.27. The molecular formula is C15H20N2OS2. The summed E-state index contributed by atoms with van der Waals surface area (Å²) in [6.07, 6.45) is 3.47. The Kier molecular flexibility index (Phi) is 3.32. The topological polar surface area (TPSA) is 46.3 Å². The largest absolute Gasteiger partial charge is 0.341 e. The molecule has 3 nitrogen and oxygen atoms in total. The molecule has 0 aromatic carbocycles. The SMILES string of the molecule is NC1CCC2CN(C(=O)C3SCCc4sccc43)CC12. The van der Waals surface area contributed by atoms with Gasteiger partial charge in [0, 0.05) is 24.0 Å². The van der Waals surface area contributed by atoms with Gasteiger partial charge in [0.15, 0.2) is 0 Å². The lowest BCUT2D eigenvalue weighted by molar-refractivity contribution is -0.130. The Morgan fingerprint density at radius 1 is 1.35 bits per heavy atom. The fourth-order valence-corrected chi connectivity index (χ4v) is 6.38. The predicted octanol–water partition coefficient (Wildman–Crippen LogP) is 2.27. The van der Waals surface area contributed by atoms with Gasteiger partial charge in [-0.05, 0) is 53.9 Å². The number of aryl methyl sites for hydroxylation is 1. The fraction of sp³-hybridized carbons (Fsp3) is 0.667. The van der Waals surface area contributed by atoms with E-state index >= 15 is 0 Å². The molecule has 2 aliphatic heterocycles. The molecule has 1 saturated carbocycles. The first kappa shape index (κ1) is 13.2. The third-order valence-corrected chi connectivity index (χ3v) is 7.35. The van der Waals surface area contributed by atoms with Crippen LogP contribution in [0.2, 0.25) is 0 Å². The summed E-state index contributed by atoms with van der Waals surface area (Å²) in [6, 6.07) is 2.46. The summed E-state index contributed by atoms with van der Waals surface area (Å²) < 4.78 is 0. The summed E-state index contributed by atoms with van der Waals surface area (Å²) in [5, 5.41) is 2.17. The van der Waals surface area contributed by atoms with Gasteiger partial charge in [0.1, 0.15) is 5.25 Å². The molecular weight excluding hydrogens is 288 g/mol. The van der Waals surface area contributed by atoms with Crippen LogP contribution >= 0.6 is 23.1 Å². The first-order valence-corrected chi connectivity index (χ1v) is 9.39. The highest BCUT2D eigenvalue weighted by molar-refractivity contribution is 8.00. The van der Waals surface area contributed by atoms with Crippen molar-refractivity contribution in [2.75, 3.05) is 18.8 Å². The second-order valence-corrected chi connectivity index (χ2v) is 8.42. The summed E-state index contributed by atoms with van der Waals surface area (Å²) in [6.45, 7) is 1.83. The minimum Gasteiger partial charge on any atom is -0.341 e. The van der Waals surface area contributed by atoms with Gasteiger partial charge in [-0.25, -0.2) is 0 Å². The predicted molar refractivity (Wildman–Crippen MR) is 84.0 cm³/mol. The number of amides is 1. The van der Waals surface area contributed by atoms with E-state index in [1.807, 2.05) is 11.8 Å². The second kappa shape index (κ2) is 5.04. The fourth-order valence-electron chi connectivity index (χ4n) is 4.00. The second-order valence-electron chi connectivity index (χ2n) is 6.21. The molecule has 1 saturated heterocycles. The smallest absolute Gasteiger partial charge is 0.240 e. The molecule has 0 spiro atoms. The van der Waals surface area contributed by atoms with Gasteiger partial charge in [-0.2, -0.15) is 0 Å². The molecule has 0 bridgehead atoms. The van der Waals surface area contributed by atoms with Crippen LogP contribution in [0.15, 0.2) is 11.4 Å². The van der Waals surface area contributed by atoms with E-state index in [-0.39, 0.29) is 5.25 Å². The third kappa shape index (κ3) is 2.02. The quantitative estimate of drug-likeness (QED) is 0.866. The highest BCUT2D eigenvalue weighted by Gasteiger charge is 2.44. The minimum atomic E-state index is 0.0417. The summed E-state index contributed by atoms with van der Waals surface area (Å²) >= 11 is 3.62. The lowest BCUT2D eigenvalue weighted by atomic mass is 9.98. The summed E-state index contributed by atoms with van der Waals surface area (Å²) in [4.78, 5) is 16.4. The number of likely N-dealkylation sites (tertiary alicyclic amines) is 1. The van der Waals surface area contributed by atoms with Crippen molar-refractivity contribution in [1.29, 1.82) is 0 Å². The van der Waals surface area contributed by atoms with E-state index in [9.17, 15) is 4.79 Å². The van der Waals surface area contributed by atoms with E-state index in [2.05, 4.69) is 16.3 Å². The van der Waals surface area contributed by atoms with Crippen LogP contribution in [-0.4, -0.2) is 35.7 Å². The maximum atomic E-state index is 12.9. The number of nitrogens with zero attached hydrogens (tertiary/aromatic N) is 1. The van der Waals surface area contributed by atoms with Gasteiger partial charge in [0.25, 0.3) is 0 Å². The van der Waals surface area contributed by atoms with Crippen LogP contribution in [0.3, 0.4) is 0 Å². The molecule has 108 valence electrons. The Bertz CT molecular complexity index is 530. The average molecular weight is 308 g/mol. The Morgan fingerprint density at radius 2 is 2.25 bits per heavy atom. The van der Waals surface area contributed by atoms with Crippen molar-refractivity contribution < 1.29 is 4.79 Å². The van der Waals surface area contributed by atoms with Gasteiger partial charge < -0.3 is 10.6 Å². The van der Waals surface area contributed by atoms with Gasteiger partial charge in [0.05, 0.1) is 0 Å². The normalized spacial score (nSPS) is 36.0. The molecule has 3 heterocycles. The van der Waals surface area contributed by atoms with Gasteiger partial charge in [0.2, 0.25) is 5.91 Å². The highest BCUT2D eigenvalue weighted by Crippen LogP contribution is 2.43. The van der Waals surface area contributed by atoms with Crippen LogP contribution < -0.4 is 5.73 Å².